The van der Waals surface area contributed by atoms with Crippen molar-refractivity contribution in [1.29, 1.82) is 0 Å². The zero-order chi connectivity index (χ0) is 19.7. The lowest BCUT2D eigenvalue weighted by atomic mass is 9.76. The minimum absolute atomic E-state index is 0.136. The van der Waals surface area contributed by atoms with Crippen molar-refractivity contribution < 1.29 is 14.3 Å². The van der Waals surface area contributed by atoms with Gasteiger partial charge < -0.3 is 19.5 Å². The number of hydrogen-bond donors (Lipinski definition) is 1. The van der Waals surface area contributed by atoms with Crippen LogP contribution in [-0.2, 0) is 16.1 Å². The van der Waals surface area contributed by atoms with Crippen LogP contribution < -0.4 is 5.32 Å². The second-order valence-electron chi connectivity index (χ2n) is 7.60. The molecular formula is C20H23ClN4O3. The van der Waals surface area contributed by atoms with Crippen LogP contribution in [0.5, 0.6) is 0 Å². The molecule has 3 heterocycles. The molecule has 4 rings (SSSR count). The van der Waals surface area contributed by atoms with Gasteiger partial charge in [0.1, 0.15) is 6.10 Å². The summed E-state index contributed by atoms with van der Waals surface area (Å²) in [5, 5.41) is 3.54. The van der Waals surface area contributed by atoms with Crippen molar-refractivity contribution in [1.82, 2.24) is 14.5 Å². The first-order chi connectivity index (χ1) is 13.5. The fourth-order valence-electron chi connectivity index (χ4n) is 4.05. The molecule has 1 spiro atoms. The number of amides is 2. The molecular weight excluding hydrogens is 380 g/mol. The third-order valence-corrected chi connectivity index (χ3v) is 6.23. The van der Waals surface area contributed by atoms with Crippen LogP contribution >= 0.6 is 11.6 Å². The number of aromatic nitrogens is 2. The molecule has 28 heavy (non-hydrogen) atoms. The average molecular weight is 403 g/mol. The molecule has 1 aromatic heterocycles. The van der Waals surface area contributed by atoms with Gasteiger partial charge in [0.05, 0.1) is 18.3 Å². The number of halogens is 1. The highest BCUT2D eigenvalue weighted by atomic mass is 35.5. The van der Waals surface area contributed by atoms with E-state index >= 15 is 0 Å². The second-order valence-corrected chi connectivity index (χ2v) is 8.01. The Kier molecular flexibility index (Phi) is 5.02. The number of hydrogen-bond acceptors (Lipinski definition) is 4. The van der Waals surface area contributed by atoms with Crippen molar-refractivity contribution in [3.8, 4) is 0 Å². The lowest BCUT2D eigenvalue weighted by Crippen LogP contribution is -2.46. The van der Waals surface area contributed by atoms with Gasteiger partial charge in [0.15, 0.2) is 0 Å². The van der Waals surface area contributed by atoms with Crippen LogP contribution in [0.3, 0.4) is 0 Å². The van der Waals surface area contributed by atoms with E-state index in [1.807, 2.05) is 29.8 Å². The van der Waals surface area contributed by atoms with Crippen molar-refractivity contribution in [2.24, 2.45) is 5.41 Å². The van der Waals surface area contributed by atoms with E-state index in [0.29, 0.717) is 49.6 Å². The number of nitrogens with zero attached hydrogens (tertiary/aromatic N) is 3. The van der Waals surface area contributed by atoms with Gasteiger partial charge in [0.25, 0.3) is 0 Å². The van der Waals surface area contributed by atoms with Gasteiger partial charge in [-0.25, -0.2) is 9.78 Å². The van der Waals surface area contributed by atoms with Crippen LogP contribution in [0, 0.1) is 12.3 Å². The van der Waals surface area contributed by atoms with Crippen LogP contribution in [0.4, 0.5) is 10.5 Å². The molecule has 1 N–H and O–H groups in total. The molecule has 2 aliphatic rings. The number of imidazole rings is 1. The van der Waals surface area contributed by atoms with Crippen molar-refractivity contribution in [3.05, 3.63) is 47.5 Å². The summed E-state index contributed by atoms with van der Waals surface area (Å²) in [7, 11) is 0. The van der Waals surface area contributed by atoms with Gasteiger partial charge in [-0.1, -0.05) is 17.7 Å². The first-order valence-corrected chi connectivity index (χ1v) is 9.82. The predicted octanol–water partition coefficient (Wildman–Crippen LogP) is 3.47. The molecule has 2 fully saturated rings. The standard InChI is InChI=1S/C20H23ClN4O3/c1-14-16(21)3-2-4-17(14)23-19(27)25-8-5-20(6-9-25)11-15(28-18(20)26)12-24-10-7-22-13-24/h2-4,7,10,13,15H,5-6,8-9,11-12H2,1H3,(H,23,27). The highest BCUT2D eigenvalue weighted by molar-refractivity contribution is 6.31. The minimum Gasteiger partial charge on any atom is -0.460 e. The number of nitrogens with one attached hydrogen (secondary N) is 1. The molecule has 0 aliphatic carbocycles. The van der Waals surface area contributed by atoms with Crippen molar-refractivity contribution in [3.63, 3.8) is 0 Å². The van der Waals surface area contributed by atoms with Crippen LogP contribution in [0.1, 0.15) is 24.8 Å². The second kappa shape index (κ2) is 7.47. The fourth-order valence-corrected chi connectivity index (χ4v) is 4.23. The Labute approximate surface area is 168 Å². The Balaban J connectivity index is 1.35. The molecule has 148 valence electrons. The van der Waals surface area contributed by atoms with E-state index in [9.17, 15) is 9.59 Å². The normalized spacial score (nSPS) is 21.0. The van der Waals surface area contributed by atoms with E-state index in [4.69, 9.17) is 16.3 Å². The number of rotatable bonds is 3. The van der Waals surface area contributed by atoms with Gasteiger partial charge in [0.2, 0.25) is 0 Å². The average Bonchev–Trinajstić information content (AvgIpc) is 3.28. The predicted molar refractivity (Wildman–Crippen MR) is 105 cm³/mol. The van der Waals surface area contributed by atoms with Crippen molar-refractivity contribution in [2.75, 3.05) is 18.4 Å². The van der Waals surface area contributed by atoms with E-state index in [2.05, 4.69) is 10.3 Å². The van der Waals surface area contributed by atoms with Gasteiger partial charge in [-0.15, -0.1) is 0 Å². The summed E-state index contributed by atoms with van der Waals surface area (Å²) in [4.78, 5) is 31.0. The molecule has 8 heteroatoms. The van der Waals surface area contributed by atoms with Gasteiger partial charge in [-0.2, -0.15) is 0 Å². The summed E-state index contributed by atoms with van der Waals surface area (Å²) in [5.41, 5.74) is 1.07. The highest BCUT2D eigenvalue weighted by Gasteiger charge is 2.50. The van der Waals surface area contributed by atoms with Crippen molar-refractivity contribution in [2.45, 2.75) is 38.8 Å². The summed E-state index contributed by atoms with van der Waals surface area (Å²) in [6.45, 7) is 3.54. The van der Waals surface area contributed by atoms with Gasteiger partial charge in [-0.3, -0.25) is 4.79 Å². The zero-order valence-corrected chi connectivity index (χ0v) is 16.5. The summed E-state index contributed by atoms with van der Waals surface area (Å²) < 4.78 is 7.55. The molecule has 1 atom stereocenters. The third-order valence-electron chi connectivity index (χ3n) is 5.82. The molecule has 2 aromatic rings. The summed E-state index contributed by atoms with van der Waals surface area (Å²) >= 11 is 6.12. The molecule has 1 aromatic carbocycles. The van der Waals surface area contributed by atoms with E-state index in [0.717, 1.165) is 5.56 Å². The quantitative estimate of drug-likeness (QED) is 0.797. The SMILES string of the molecule is Cc1c(Cl)cccc1NC(=O)N1CCC2(CC1)CC(Cn1ccnc1)OC2=O. The first kappa shape index (κ1) is 18.8. The lowest BCUT2D eigenvalue weighted by molar-refractivity contribution is -0.150. The summed E-state index contributed by atoms with van der Waals surface area (Å²) in [6.07, 6.45) is 7.09. The van der Waals surface area contributed by atoms with Gasteiger partial charge in [0, 0.05) is 42.6 Å². The largest absolute Gasteiger partial charge is 0.460 e. The summed E-state index contributed by atoms with van der Waals surface area (Å²) in [6, 6.07) is 5.27. The Morgan fingerprint density at radius 2 is 2.18 bits per heavy atom. The lowest BCUT2D eigenvalue weighted by Gasteiger charge is -2.36. The Morgan fingerprint density at radius 1 is 1.39 bits per heavy atom. The van der Waals surface area contributed by atoms with Crippen LogP contribution in [0.15, 0.2) is 36.9 Å². The van der Waals surface area contributed by atoms with E-state index < -0.39 is 5.41 Å². The monoisotopic (exact) mass is 402 g/mol. The maximum atomic E-state index is 12.6. The number of urea groups is 1. The first-order valence-electron chi connectivity index (χ1n) is 9.45. The maximum Gasteiger partial charge on any atom is 0.321 e. The molecule has 2 saturated heterocycles. The summed E-state index contributed by atoms with van der Waals surface area (Å²) in [5.74, 6) is -0.136. The maximum absolute atomic E-state index is 12.6. The Morgan fingerprint density at radius 3 is 2.89 bits per heavy atom. The van der Waals surface area contributed by atoms with E-state index in [-0.39, 0.29) is 18.1 Å². The Hall–Kier alpha value is -2.54. The molecule has 1 unspecified atom stereocenters. The van der Waals surface area contributed by atoms with Crippen molar-refractivity contribution >= 4 is 29.3 Å². The van der Waals surface area contributed by atoms with Crippen LogP contribution in [0.2, 0.25) is 5.02 Å². The molecule has 7 nitrogen and oxygen atoms in total. The number of carbonyl (C=O) groups is 2. The molecule has 2 aliphatic heterocycles. The van der Waals surface area contributed by atoms with Gasteiger partial charge in [-0.05, 0) is 37.5 Å². The number of anilines is 1. The highest BCUT2D eigenvalue weighted by Crippen LogP contribution is 2.43. The molecule has 2 amide bonds. The number of ether oxygens (including phenoxy) is 1. The number of esters is 1. The number of cyclic esters (lactones) is 1. The third kappa shape index (κ3) is 3.58. The zero-order valence-electron chi connectivity index (χ0n) is 15.7. The fraction of sp³-hybridized carbons (Fsp3) is 0.450. The number of likely N-dealkylation sites (tertiary alicyclic amines) is 1. The topological polar surface area (TPSA) is 76.5 Å². The minimum atomic E-state index is -0.478. The molecule has 0 bridgehead atoms. The molecule has 0 radical (unpaired) electrons. The number of piperidine rings is 1. The van der Waals surface area contributed by atoms with E-state index in [1.54, 1.807) is 23.5 Å². The Bertz CT molecular complexity index is 876. The number of benzene rings is 1. The smallest absolute Gasteiger partial charge is 0.321 e. The van der Waals surface area contributed by atoms with E-state index in [1.165, 1.54) is 0 Å². The van der Waals surface area contributed by atoms with Gasteiger partial charge >= 0.3 is 12.0 Å². The van der Waals surface area contributed by atoms with Crippen LogP contribution in [-0.4, -0.2) is 45.6 Å². The van der Waals surface area contributed by atoms with Crippen LogP contribution in [0.25, 0.3) is 0 Å². The molecule has 0 saturated carbocycles. The number of carbonyl (C=O) groups excluding carboxylic acids is 2.